The van der Waals surface area contributed by atoms with E-state index in [1.54, 1.807) is 6.07 Å². The van der Waals surface area contributed by atoms with E-state index in [4.69, 9.17) is 0 Å². The Morgan fingerprint density at radius 3 is 2.81 bits per heavy atom. The van der Waals surface area contributed by atoms with Crippen LogP contribution in [0.4, 0.5) is 5.82 Å². The first-order chi connectivity index (χ1) is 12.8. The molecule has 27 heavy (non-hydrogen) atoms. The number of piperidine rings is 1. The van der Waals surface area contributed by atoms with Crippen LogP contribution < -0.4 is 5.32 Å². The van der Waals surface area contributed by atoms with Gasteiger partial charge < -0.3 is 10.2 Å². The number of aryl methyl sites for hydroxylation is 1. The van der Waals surface area contributed by atoms with Crippen LogP contribution in [0.3, 0.4) is 0 Å². The molecular weight excluding hydrogens is 340 g/mol. The van der Waals surface area contributed by atoms with Crippen LogP contribution >= 0.6 is 0 Å². The zero-order valence-corrected chi connectivity index (χ0v) is 17.0. The lowest BCUT2D eigenvalue weighted by atomic mass is 9.95. The van der Waals surface area contributed by atoms with Crippen LogP contribution in [0, 0.1) is 12.8 Å². The summed E-state index contributed by atoms with van der Waals surface area (Å²) in [7, 11) is 0. The summed E-state index contributed by atoms with van der Waals surface area (Å²) in [5.74, 6) is 0.529. The maximum atomic E-state index is 12.8. The molecule has 1 fully saturated rings. The van der Waals surface area contributed by atoms with Crippen molar-refractivity contribution in [2.24, 2.45) is 5.92 Å². The Labute approximate surface area is 162 Å². The van der Waals surface area contributed by atoms with Gasteiger partial charge >= 0.3 is 0 Å². The number of likely N-dealkylation sites (tertiary alicyclic amines) is 1. The zero-order chi connectivity index (χ0) is 20.0. The number of rotatable bonds is 7. The summed E-state index contributed by atoms with van der Waals surface area (Å²) in [4.78, 5) is 33.8. The normalized spacial score (nSPS) is 18.6. The van der Waals surface area contributed by atoms with E-state index in [2.05, 4.69) is 21.8 Å². The molecule has 0 saturated carbocycles. The van der Waals surface area contributed by atoms with Gasteiger partial charge in [0.05, 0.1) is 12.0 Å². The molecule has 148 valence electrons. The lowest BCUT2D eigenvalue weighted by Gasteiger charge is -2.37. The molecule has 6 nitrogen and oxygen atoms in total. The number of carbonyl (C=O) groups excluding carboxylic acids is 2. The molecule has 2 heterocycles. The molecule has 2 atom stereocenters. The van der Waals surface area contributed by atoms with E-state index in [-0.39, 0.29) is 23.8 Å². The summed E-state index contributed by atoms with van der Waals surface area (Å²) < 4.78 is 0. The number of carbonyl (C=O) groups is 2. The van der Waals surface area contributed by atoms with Crippen molar-refractivity contribution in [2.45, 2.75) is 46.6 Å². The largest absolute Gasteiger partial charge is 0.338 e. The molecule has 1 aromatic rings. The van der Waals surface area contributed by atoms with Gasteiger partial charge in [-0.1, -0.05) is 18.2 Å². The predicted molar refractivity (Wildman–Crippen MR) is 108 cm³/mol. The Bertz CT molecular complexity index is 689. The van der Waals surface area contributed by atoms with E-state index >= 15 is 0 Å². The van der Waals surface area contributed by atoms with Crippen molar-refractivity contribution >= 4 is 17.6 Å². The molecule has 2 rings (SSSR count). The zero-order valence-electron chi connectivity index (χ0n) is 17.0. The van der Waals surface area contributed by atoms with Crippen molar-refractivity contribution in [3.63, 3.8) is 0 Å². The molecule has 6 heteroatoms. The van der Waals surface area contributed by atoms with Crippen LogP contribution in [0.5, 0.6) is 0 Å². The predicted octanol–water partition coefficient (Wildman–Crippen LogP) is 2.85. The third kappa shape index (κ3) is 5.89. The summed E-state index contributed by atoms with van der Waals surface area (Å²) in [5.41, 5.74) is 1.84. The molecule has 0 spiro atoms. The van der Waals surface area contributed by atoms with E-state index in [9.17, 15) is 9.59 Å². The fraction of sp³-hybridized carbons (Fsp3) is 0.571. The van der Waals surface area contributed by atoms with Gasteiger partial charge in [-0.3, -0.25) is 14.5 Å². The minimum absolute atomic E-state index is 0.0215. The van der Waals surface area contributed by atoms with Crippen molar-refractivity contribution in [1.82, 2.24) is 14.8 Å². The number of hydrogen-bond donors (Lipinski definition) is 1. The van der Waals surface area contributed by atoms with Crippen molar-refractivity contribution in [1.29, 1.82) is 0 Å². The molecule has 2 amide bonds. The second kappa shape index (κ2) is 9.65. The van der Waals surface area contributed by atoms with Crippen LogP contribution in [0.1, 0.15) is 39.3 Å². The molecule has 1 aromatic heterocycles. The van der Waals surface area contributed by atoms with Gasteiger partial charge in [-0.2, -0.15) is 0 Å². The lowest BCUT2D eigenvalue weighted by molar-refractivity contribution is -0.137. The smallest absolute Gasteiger partial charge is 0.239 e. The minimum Gasteiger partial charge on any atom is -0.338 e. The average molecular weight is 373 g/mol. The third-order valence-corrected chi connectivity index (χ3v) is 5.02. The fourth-order valence-corrected chi connectivity index (χ4v) is 3.50. The lowest BCUT2D eigenvalue weighted by Crippen LogP contribution is -2.52. The summed E-state index contributed by atoms with van der Waals surface area (Å²) >= 11 is 0. The van der Waals surface area contributed by atoms with Crippen molar-refractivity contribution in [2.75, 3.05) is 31.5 Å². The van der Waals surface area contributed by atoms with Crippen molar-refractivity contribution < 1.29 is 9.59 Å². The van der Waals surface area contributed by atoms with Gasteiger partial charge in [0.1, 0.15) is 5.82 Å². The van der Waals surface area contributed by atoms with E-state index in [1.165, 1.54) is 0 Å². The van der Waals surface area contributed by atoms with E-state index in [0.29, 0.717) is 25.5 Å². The number of nitrogens with one attached hydrogen (secondary N) is 1. The standard InChI is InChI=1S/C21H32N4O2/c1-6-24(13-15(2)3)21(27)17(5)25-12-8-10-18(14-25)20(26)23-19-11-7-9-16(4)22-19/h7,9,11,17-18H,2,6,8,10,12-14H2,1,3-5H3,(H,22,23,26). The highest BCUT2D eigenvalue weighted by Gasteiger charge is 2.32. The van der Waals surface area contributed by atoms with Gasteiger partial charge in [0.2, 0.25) is 11.8 Å². The molecule has 2 unspecified atom stereocenters. The molecule has 0 radical (unpaired) electrons. The Balaban J connectivity index is 1.98. The highest BCUT2D eigenvalue weighted by molar-refractivity contribution is 5.92. The number of nitrogens with zero attached hydrogens (tertiary/aromatic N) is 3. The molecule has 0 aromatic carbocycles. The first-order valence-corrected chi connectivity index (χ1v) is 9.73. The maximum absolute atomic E-state index is 12.8. The summed E-state index contributed by atoms with van der Waals surface area (Å²) in [6, 6.07) is 5.34. The first kappa shape index (κ1) is 21.1. The topological polar surface area (TPSA) is 65.5 Å². The highest BCUT2D eigenvalue weighted by Crippen LogP contribution is 2.21. The Morgan fingerprint density at radius 1 is 1.44 bits per heavy atom. The van der Waals surface area contributed by atoms with Crippen molar-refractivity contribution in [3.8, 4) is 0 Å². The van der Waals surface area contributed by atoms with E-state index in [1.807, 2.05) is 44.7 Å². The van der Waals surface area contributed by atoms with Gasteiger partial charge in [-0.25, -0.2) is 4.98 Å². The quantitative estimate of drug-likeness (QED) is 0.748. The molecule has 1 saturated heterocycles. The van der Waals surface area contributed by atoms with Crippen LogP contribution in [0.15, 0.2) is 30.4 Å². The first-order valence-electron chi connectivity index (χ1n) is 9.73. The molecular formula is C21H32N4O2. The number of anilines is 1. The van der Waals surface area contributed by atoms with Gasteiger partial charge in [0.15, 0.2) is 0 Å². The number of hydrogen-bond acceptors (Lipinski definition) is 4. The van der Waals surface area contributed by atoms with Crippen LogP contribution in [-0.4, -0.2) is 58.8 Å². The second-order valence-electron chi connectivity index (χ2n) is 7.47. The highest BCUT2D eigenvalue weighted by atomic mass is 16.2. The van der Waals surface area contributed by atoms with Crippen LogP contribution in [-0.2, 0) is 9.59 Å². The molecule has 1 aliphatic rings. The van der Waals surface area contributed by atoms with Gasteiger partial charge in [-0.05, 0) is 59.2 Å². The maximum Gasteiger partial charge on any atom is 0.239 e. The minimum atomic E-state index is -0.239. The van der Waals surface area contributed by atoms with E-state index < -0.39 is 0 Å². The van der Waals surface area contributed by atoms with Gasteiger partial charge in [-0.15, -0.1) is 0 Å². The Morgan fingerprint density at radius 2 is 2.19 bits per heavy atom. The molecule has 1 aliphatic heterocycles. The molecule has 0 bridgehead atoms. The van der Waals surface area contributed by atoms with E-state index in [0.717, 1.165) is 30.7 Å². The number of likely N-dealkylation sites (N-methyl/N-ethyl adjacent to an activating group) is 1. The van der Waals surface area contributed by atoms with Crippen molar-refractivity contribution in [3.05, 3.63) is 36.0 Å². The molecule has 0 aliphatic carbocycles. The van der Waals surface area contributed by atoms with Crippen LogP contribution in [0.2, 0.25) is 0 Å². The average Bonchev–Trinajstić information content (AvgIpc) is 2.65. The van der Waals surface area contributed by atoms with Crippen LogP contribution in [0.25, 0.3) is 0 Å². The summed E-state index contributed by atoms with van der Waals surface area (Å²) in [6.07, 6.45) is 1.74. The van der Waals surface area contributed by atoms with Gasteiger partial charge in [0, 0.05) is 25.3 Å². The second-order valence-corrected chi connectivity index (χ2v) is 7.47. The SMILES string of the molecule is C=C(C)CN(CC)C(=O)C(C)N1CCCC(C(=O)Nc2cccc(C)n2)C1. The number of aromatic nitrogens is 1. The summed E-state index contributed by atoms with van der Waals surface area (Å²) in [6.45, 7) is 14.3. The third-order valence-electron chi connectivity index (χ3n) is 5.02. The monoisotopic (exact) mass is 372 g/mol. The Hall–Kier alpha value is -2.21. The fourth-order valence-electron chi connectivity index (χ4n) is 3.50. The van der Waals surface area contributed by atoms with Gasteiger partial charge in [0.25, 0.3) is 0 Å². The number of pyridine rings is 1. The Kier molecular flexibility index (Phi) is 7.54. The summed E-state index contributed by atoms with van der Waals surface area (Å²) in [5, 5.41) is 2.92. The molecule has 1 N–H and O–H groups in total. The number of amides is 2.